The summed E-state index contributed by atoms with van der Waals surface area (Å²) in [4.78, 5) is 21.1. The number of benzene rings is 2. The topological polar surface area (TPSA) is 60.2 Å². The fourth-order valence-electron chi connectivity index (χ4n) is 4.16. The molecule has 39 heavy (non-hydrogen) atoms. The van der Waals surface area contributed by atoms with E-state index in [2.05, 4.69) is 9.97 Å². The van der Waals surface area contributed by atoms with Gasteiger partial charge < -0.3 is 14.2 Å². The molecule has 4 rings (SSSR count). The Bertz CT molecular complexity index is 1400. The molecule has 0 spiro atoms. The first-order chi connectivity index (χ1) is 18.4. The summed E-state index contributed by atoms with van der Waals surface area (Å²) in [6.07, 6.45) is -6.35. The van der Waals surface area contributed by atoms with Crippen molar-refractivity contribution in [1.82, 2.24) is 19.4 Å². The molecule has 206 valence electrons. The van der Waals surface area contributed by atoms with Crippen LogP contribution in [-0.2, 0) is 13.0 Å². The third-order valence-electron chi connectivity index (χ3n) is 5.79. The molecule has 0 N–H and O–H groups in total. The second kappa shape index (κ2) is 11.3. The number of halogens is 6. The second-order valence-corrected chi connectivity index (χ2v) is 8.82. The minimum Gasteiger partial charge on any atom is -0.494 e. The minimum atomic E-state index is -5.00. The zero-order valence-corrected chi connectivity index (χ0v) is 20.8. The van der Waals surface area contributed by atoms with Gasteiger partial charge in [-0.05, 0) is 60.5 Å². The smallest absolute Gasteiger partial charge is 0.406 e. The third kappa shape index (κ3) is 7.49. The molecule has 0 saturated heterocycles. The Morgan fingerprint density at radius 1 is 0.897 bits per heavy atom. The number of hydrogen-bond donors (Lipinski definition) is 0. The highest BCUT2D eigenvalue weighted by molar-refractivity contribution is 5.97. The lowest BCUT2D eigenvalue weighted by Gasteiger charge is -2.25. The minimum absolute atomic E-state index is 0.254. The summed E-state index contributed by atoms with van der Waals surface area (Å²) < 4.78 is 85.1. The molecule has 2 aromatic carbocycles. The Morgan fingerprint density at radius 3 is 2.13 bits per heavy atom. The van der Waals surface area contributed by atoms with Gasteiger partial charge in [0.15, 0.2) is 0 Å². The van der Waals surface area contributed by atoms with Crippen LogP contribution in [-0.4, -0.2) is 57.4 Å². The van der Waals surface area contributed by atoms with E-state index in [0.29, 0.717) is 36.7 Å². The van der Waals surface area contributed by atoms with Crippen LogP contribution < -0.4 is 4.74 Å². The van der Waals surface area contributed by atoms with Gasteiger partial charge >= 0.3 is 12.4 Å². The zero-order valence-electron chi connectivity index (χ0n) is 20.8. The number of ether oxygens (including phenoxy) is 1. The van der Waals surface area contributed by atoms with Gasteiger partial charge in [0.25, 0.3) is 5.91 Å². The van der Waals surface area contributed by atoms with Crippen LogP contribution in [0.4, 0.5) is 26.3 Å². The van der Waals surface area contributed by atoms with E-state index in [0.717, 1.165) is 11.1 Å². The molecule has 0 radical (unpaired) electrons. The van der Waals surface area contributed by atoms with E-state index in [1.165, 1.54) is 18.2 Å². The van der Waals surface area contributed by atoms with Crippen molar-refractivity contribution in [3.8, 4) is 5.75 Å². The molecular weight excluding hydrogens is 526 g/mol. The molecule has 0 aliphatic carbocycles. The third-order valence-corrected chi connectivity index (χ3v) is 5.79. The van der Waals surface area contributed by atoms with Gasteiger partial charge in [0, 0.05) is 30.9 Å². The fraction of sp³-hybridized carbons (Fsp3) is 0.296. The first-order valence-corrected chi connectivity index (χ1v) is 11.9. The van der Waals surface area contributed by atoms with E-state index in [1.807, 2.05) is 47.9 Å². The molecule has 2 aromatic heterocycles. The fourth-order valence-corrected chi connectivity index (χ4v) is 4.16. The summed E-state index contributed by atoms with van der Waals surface area (Å²) in [5.41, 5.74) is 2.33. The molecule has 0 unspecified atom stereocenters. The predicted molar refractivity (Wildman–Crippen MR) is 132 cm³/mol. The van der Waals surface area contributed by atoms with E-state index >= 15 is 0 Å². The van der Waals surface area contributed by atoms with Crippen LogP contribution >= 0.6 is 0 Å². The van der Waals surface area contributed by atoms with E-state index < -0.39 is 31.3 Å². The molecule has 12 heteroatoms. The number of carbonyl (C=O) groups excluding carboxylic acids is 1. The Kier molecular flexibility index (Phi) is 8.12. The molecule has 0 aliphatic heterocycles. The normalized spacial score (nSPS) is 12.1. The highest BCUT2D eigenvalue weighted by atomic mass is 19.4. The Morgan fingerprint density at radius 2 is 1.54 bits per heavy atom. The lowest BCUT2D eigenvalue weighted by molar-refractivity contribution is -0.171. The first kappa shape index (κ1) is 27.9. The maximum absolute atomic E-state index is 13.0. The van der Waals surface area contributed by atoms with E-state index in [-0.39, 0.29) is 16.0 Å². The molecule has 0 bridgehead atoms. The van der Waals surface area contributed by atoms with Gasteiger partial charge in [-0.15, -0.1) is 0 Å². The molecule has 0 aliphatic rings. The average molecular weight is 551 g/mol. The van der Waals surface area contributed by atoms with Gasteiger partial charge in [-0.1, -0.05) is 12.1 Å². The summed E-state index contributed by atoms with van der Waals surface area (Å²) in [7, 11) is 0. The Balaban J connectivity index is 1.71. The second-order valence-electron chi connectivity index (χ2n) is 8.82. The number of pyridine rings is 1. The number of carbonyl (C=O) groups is 1. The van der Waals surface area contributed by atoms with Crippen molar-refractivity contribution in [3.63, 3.8) is 0 Å². The monoisotopic (exact) mass is 550 g/mol. The maximum atomic E-state index is 13.0. The molecule has 4 aromatic rings. The lowest BCUT2D eigenvalue weighted by Crippen LogP contribution is -2.44. The molecule has 0 atom stereocenters. The number of fused-ring (bicyclic) bond motifs is 1. The molecule has 1 amide bonds. The Labute approximate surface area is 219 Å². The van der Waals surface area contributed by atoms with Gasteiger partial charge in [0.1, 0.15) is 24.7 Å². The molecule has 0 fully saturated rings. The maximum Gasteiger partial charge on any atom is 0.406 e. The van der Waals surface area contributed by atoms with Crippen LogP contribution in [0.25, 0.3) is 11.0 Å². The van der Waals surface area contributed by atoms with Crippen molar-refractivity contribution < 1.29 is 35.9 Å². The van der Waals surface area contributed by atoms with Gasteiger partial charge in [-0.3, -0.25) is 9.78 Å². The van der Waals surface area contributed by atoms with Crippen molar-refractivity contribution in [1.29, 1.82) is 0 Å². The van der Waals surface area contributed by atoms with Crippen LogP contribution in [0.2, 0.25) is 0 Å². The number of imidazole rings is 1. The Hall–Kier alpha value is -4.09. The standard InChI is InChI=1S/C27H24F6N4O2/c1-2-39-21-6-3-18(4-7-21)13-24-35-22-14-20(25(38)36(16-26(28,29)30)17-27(31,32)33)5-8-23(22)37(24)15-19-9-11-34-12-10-19/h3-12,14H,2,13,15-17H2,1H3. The van der Waals surface area contributed by atoms with E-state index in [1.54, 1.807) is 12.4 Å². The highest BCUT2D eigenvalue weighted by Crippen LogP contribution is 2.26. The van der Waals surface area contributed by atoms with Gasteiger partial charge in [0.2, 0.25) is 0 Å². The van der Waals surface area contributed by atoms with Crippen molar-refractivity contribution in [2.24, 2.45) is 0 Å². The number of aromatic nitrogens is 3. The van der Waals surface area contributed by atoms with Crippen LogP contribution in [0.3, 0.4) is 0 Å². The van der Waals surface area contributed by atoms with Gasteiger partial charge in [-0.2, -0.15) is 26.3 Å². The van der Waals surface area contributed by atoms with Gasteiger partial charge in [-0.25, -0.2) is 4.98 Å². The highest BCUT2D eigenvalue weighted by Gasteiger charge is 2.40. The van der Waals surface area contributed by atoms with E-state index in [4.69, 9.17) is 4.74 Å². The lowest BCUT2D eigenvalue weighted by atomic mass is 10.1. The number of hydrogen-bond acceptors (Lipinski definition) is 4. The van der Waals surface area contributed by atoms with Gasteiger partial charge in [0.05, 0.1) is 17.6 Å². The predicted octanol–water partition coefficient (Wildman–Crippen LogP) is 6.04. The first-order valence-electron chi connectivity index (χ1n) is 11.9. The number of rotatable bonds is 9. The molecule has 2 heterocycles. The molecule has 0 saturated carbocycles. The van der Waals surface area contributed by atoms with Crippen molar-refractivity contribution in [2.75, 3.05) is 19.7 Å². The summed E-state index contributed by atoms with van der Waals surface area (Å²) in [5, 5.41) is 0. The molecular formula is C27H24F6N4O2. The summed E-state index contributed by atoms with van der Waals surface area (Å²) in [6.45, 7) is -1.27. The number of amides is 1. The average Bonchev–Trinajstić information content (AvgIpc) is 3.19. The summed E-state index contributed by atoms with van der Waals surface area (Å²) in [5.74, 6) is -0.0849. The number of alkyl halides is 6. The van der Waals surface area contributed by atoms with Crippen LogP contribution in [0.1, 0.15) is 34.2 Å². The largest absolute Gasteiger partial charge is 0.494 e. The quantitative estimate of drug-likeness (QED) is 0.239. The van der Waals surface area contributed by atoms with Crippen molar-refractivity contribution >= 4 is 16.9 Å². The SMILES string of the molecule is CCOc1ccc(Cc2nc3cc(C(=O)N(CC(F)(F)F)CC(F)(F)F)ccc3n2Cc2ccncc2)cc1. The zero-order chi connectivity index (χ0) is 28.2. The van der Waals surface area contributed by atoms with Crippen LogP contribution in [0.15, 0.2) is 67.0 Å². The van der Waals surface area contributed by atoms with Crippen molar-refractivity contribution in [3.05, 3.63) is 89.5 Å². The summed E-state index contributed by atoms with van der Waals surface area (Å²) >= 11 is 0. The number of nitrogens with zero attached hydrogens (tertiary/aromatic N) is 4. The van der Waals surface area contributed by atoms with Crippen LogP contribution in [0.5, 0.6) is 5.75 Å². The van der Waals surface area contributed by atoms with E-state index in [9.17, 15) is 31.1 Å². The van der Waals surface area contributed by atoms with Crippen LogP contribution in [0, 0.1) is 0 Å². The summed E-state index contributed by atoms with van der Waals surface area (Å²) in [6, 6.07) is 15.0. The van der Waals surface area contributed by atoms with Crippen molar-refractivity contribution in [2.45, 2.75) is 32.2 Å². The molecule has 6 nitrogen and oxygen atoms in total.